The Labute approximate surface area is 146 Å². The molecule has 0 radical (unpaired) electrons. The standard InChI is InChI=1S/C20H20N2O3/c1-13-7-9-15(10-8-13)19-11-16(25-22-19)12-21-20(24)18-6-4-3-5-17(18)14(2)23/h3-10,16H,11-12H2,1-2H3,(H,21,24). The van der Waals surface area contributed by atoms with Crippen LogP contribution in [-0.2, 0) is 4.84 Å². The van der Waals surface area contributed by atoms with Crippen LogP contribution >= 0.6 is 0 Å². The summed E-state index contributed by atoms with van der Waals surface area (Å²) in [4.78, 5) is 29.4. The first-order valence-corrected chi connectivity index (χ1v) is 8.22. The van der Waals surface area contributed by atoms with Gasteiger partial charge in [-0.3, -0.25) is 9.59 Å². The largest absolute Gasteiger partial charge is 0.390 e. The summed E-state index contributed by atoms with van der Waals surface area (Å²) in [6.07, 6.45) is 0.433. The van der Waals surface area contributed by atoms with Gasteiger partial charge in [0.05, 0.1) is 17.8 Å². The SMILES string of the molecule is CC(=O)c1ccccc1C(=O)NCC1CC(c2ccc(C)cc2)=NO1. The minimum Gasteiger partial charge on any atom is -0.390 e. The molecule has 1 aliphatic heterocycles. The topological polar surface area (TPSA) is 67.8 Å². The van der Waals surface area contributed by atoms with E-state index in [0.29, 0.717) is 24.1 Å². The Morgan fingerprint density at radius 2 is 1.80 bits per heavy atom. The predicted molar refractivity (Wildman–Crippen MR) is 96.0 cm³/mol. The first-order valence-electron chi connectivity index (χ1n) is 8.22. The van der Waals surface area contributed by atoms with E-state index in [-0.39, 0.29) is 17.8 Å². The van der Waals surface area contributed by atoms with Gasteiger partial charge in [0.2, 0.25) is 0 Å². The zero-order chi connectivity index (χ0) is 17.8. The van der Waals surface area contributed by atoms with E-state index in [2.05, 4.69) is 10.5 Å². The quantitative estimate of drug-likeness (QED) is 0.853. The zero-order valence-corrected chi connectivity index (χ0v) is 14.3. The summed E-state index contributed by atoms with van der Waals surface area (Å²) >= 11 is 0. The molecule has 0 aromatic heterocycles. The van der Waals surface area contributed by atoms with Gasteiger partial charge in [-0.15, -0.1) is 0 Å². The van der Waals surface area contributed by atoms with Gasteiger partial charge in [-0.1, -0.05) is 53.2 Å². The van der Waals surface area contributed by atoms with Crippen LogP contribution in [0, 0.1) is 6.92 Å². The molecule has 25 heavy (non-hydrogen) atoms. The Bertz CT molecular complexity index is 825. The number of Topliss-reactive ketones (excluding diaryl/α,β-unsaturated/α-hetero) is 1. The highest BCUT2D eigenvalue weighted by Gasteiger charge is 2.23. The minimum absolute atomic E-state index is 0.132. The van der Waals surface area contributed by atoms with Crippen molar-refractivity contribution >= 4 is 17.4 Å². The molecule has 0 saturated heterocycles. The number of nitrogens with one attached hydrogen (secondary N) is 1. The molecular formula is C20H20N2O3. The van der Waals surface area contributed by atoms with Crippen LogP contribution in [0.5, 0.6) is 0 Å². The molecule has 1 aliphatic rings. The summed E-state index contributed by atoms with van der Waals surface area (Å²) in [5.41, 5.74) is 3.90. The van der Waals surface area contributed by atoms with Crippen molar-refractivity contribution < 1.29 is 14.4 Å². The van der Waals surface area contributed by atoms with Gasteiger partial charge in [0.25, 0.3) is 5.91 Å². The van der Waals surface area contributed by atoms with Crippen molar-refractivity contribution in [2.24, 2.45) is 5.16 Å². The number of carbonyl (C=O) groups is 2. The molecule has 2 aromatic rings. The number of oxime groups is 1. The Morgan fingerprint density at radius 1 is 1.12 bits per heavy atom. The number of amides is 1. The van der Waals surface area contributed by atoms with E-state index in [4.69, 9.17) is 4.84 Å². The molecule has 1 atom stereocenters. The number of hydrogen-bond acceptors (Lipinski definition) is 4. The van der Waals surface area contributed by atoms with Gasteiger partial charge in [0.15, 0.2) is 5.78 Å². The van der Waals surface area contributed by atoms with Gasteiger partial charge in [0, 0.05) is 12.0 Å². The summed E-state index contributed by atoms with van der Waals surface area (Å²) in [5.74, 6) is -0.411. The molecule has 0 aliphatic carbocycles. The Kier molecular flexibility index (Phi) is 4.93. The van der Waals surface area contributed by atoms with Crippen molar-refractivity contribution in [3.8, 4) is 0 Å². The van der Waals surface area contributed by atoms with E-state index in [9.17, 15) is 9.59 Å². The van der Waals surface area contributed by atoms with Crippen LogP contribution in [0.25, 0.3) is 0 Å². The van der Waals surface area contributed by atoms with Crippen molar-refractivity contribution in [2.45, 2.75) is 26.4 Å². The molecule has 2 aromatic carbocycles. The number of benzene rings is 2. The third kappa shape index (κ3) is 3.94. The summed E-state index contributed by atoms with van der Waals surface area (Å²) in [7, 11) is 0. The molecule has 128 valence electrons. The number of rotatable bonds is 5. The van der Waals surface area contributed by atoms with Crippen molar-refractivity contribution in [2.75, 3.05) is 6.54 Å². The van der Waals surface area contributed by atoms with Crippen LogP contribution in [0.4, 0.5) is 0 Å². The summed E-state index contributed by atoms with van der Waals surface area (Å²) in [6, 6.07) is 14.9. The number of nitrogens with zero attached hydrogens (tertiary/aromatic N) is 1. The zero-order valence-electron chi connectivity index (χ0n) is 14.3. The first-order chi connectivity index (χ1) is 12.0. The summed E-state index contributed by atoms with van der Waals surface area (Å²) < 4.78 is 0. The fourth-order valence-corrected chi connectivity index (χ4v) is 2.74. The van der Waals surface area contributed by atoms with Crippen LogP contribution in [0.2, 0.25) is 0 Å². The Morgan fingerprint density at radius 3 is 2.48 bits per heavy atom. The normalized spacial score (nSPS) is 16.1. The van der Waals surface area contributed by atoms with Crippen LogP contribution in [0.15, 0.2) is 53.7 Å². The summed E-state index contributed by atoms with van der Waals surface area (Å²) in [5, 5.41) is 6.95. The fourth-order valence-electron chi connectivity index (χ4n) is 2.74. The highest BCUT2D eigenvalue weighted by atomic mass is 16.6. The number of hydrogen-bond donors (Lipinski definition) is 1. The third-order valence-corrected chi connectivity index (χ3v) is 4.16. The Balaban J connectivity index is 1.58. The van der Waals surface area contributed by atoms with Crippen LogP contribution < -0.4 is 5.32 Å². The van der Waals surface area contributed by atoms with Gasteiger partial charge in [0.1, 0.15) is 6.10 Å². The van der Waals surface area contributed by atoms with E-state index in [1.165, 1.54) is 12.5 Å². The van der Waals surface area contributed by atoms with E-state index < -0.39 is 0 Å². The van der Waals surface area contributed by atoms with Crippen LogP contribution in [-0.4, -0.2) is 30.1 Å². The molecule has 0 fully saturated rings. The molecular weight excluding hydrogens is 316 g/mol. The van der Waals surface area contributed by atoms with Crippen LogP contribution in [0.1, 0.15) is 45.2 Å². The molecule has 0 spiro atoms. The second-order valence-corrected chi connectivity index (χ2v) is 6.15. The molecule has 5 heteroatoms. The van der Waals surface area contributed by atoms with E-state index >= 15 is 0 Å². The molecule has 1 N–H and O–H groups in total. The maximum Gasteiger partial charge on any atom is 0.252 e. The highest BCUT2D eigenvalue weighted by molar-refractivity contribution is 6.07. The van der Waals surface area contributed by atoms with Crippen molar-refractivity contribution in [3.05, 3.63) is 70.8 Å². The predicted octanol–water partition coefficient (Wildman–Crippen LogP) is 3.12. The van der Waals surface area contributed by atoms with E-state index in [1.54, 1.807) is 24.3 Å². The van der Waals surface area contributed by atoms with E-state index in [1.807, 2.05) is 31.2 Å². The second kappa shape index (κ2) is 7.30. The molecule has 1 amide bonds. The molecule has 1 heterocycles. The third-order valence-electron chi connectivity index (χ3n) is 4.16. The maximum atomic E-state index is 12.4. The second-order valence-electron chi connectivity index (χ2n) is 6.15. The molecule has 3 rings (SSSR count). The molecule has 0 bridgehead atoms. The lowest BCUT2D eigenvalue weighted by molar-refractivity contribution is 0.0752. The van der Waals surface area contributed by atoms with E-state index in [0.717, 1.165) is 11.3 Å². The smallest absolute Gasteiger partial charge is 0.252 e. The van der Waals surface area contributed by atoms with Gasteiger partial charge >= 0.3 is 0 Å². The first kappa shape index (κ1) is 16.9. The lowest BCUT2D eigenvalue weighted by atomic mass is 10.0. The molecule has 0 saturated carbocycles. The molecule has 1 unspecified atom stereocenters. The molecule has 5 nitrogen and oxygen atoms in total. The van der Waals surface area contributed by atoms with Crippen molar-refractivity contribution in [3.63, 3.8) is 0 Å². The Hall–Kier alpha value is -2.95. The van der Waals surface area contributed by atoms with Crippen molar-refractivity contribution in [1.29, 1.82) is 0 Å². The number of carbonyl (C=O) groups excluding carboxylic acids is 2. The fraction of sp³-hybridized carbons (Fsp3) is 0.250. The number of ketones is 1. The lowest BCUT2D eigenvalue weighted by Gasteiger charge is -2.11. The average Bonchev–Trinajstić information content (AvgIpc) is 3.09. The van der Waals surface area contributed by atoms with Crippen LogP contribution in [0.3, 0.4) is 0 Å². The van der Waals surface area contributed by atoms with Gasteiger partial charge in [-0.25, -0.2) is 0 Å². The summed E-state index contributed by atoms with van der Waals surface area (Å²) in [6.45, 7) is 3.83. The maximum absolute atomic E-state index is 12.4. The van der Waals surface area contributed by atoms with Gasteiger partial charge < -0.3 is 10.2 Å². The van der Waals surface area contributed by atoms with Crippen molar-refractivity contribution in [1.82, 2.24) is 5.32 Å². The highest BCUT2D eigenvalue weighted by Crippen LogP contribution is 2.17. The average molecular weight is 336 g/mol. The van der Waals surface area contributed by atoms with Gasteiger partial charge in [-0.2, -0.15) is 0 Å². The minimum atomic E-state index is -0.279. The lowest BCUT2D eigenvalue weighted by Crippen LogP contribution is -2.33. The van der Waals surface area contributed by atoms with Gasteiger partial charge in [-0.05, 0) is 25.5 Å². The monoisotopic (exact) mass is 336 g/mol. The number of aryl methyl sites for hydroxylation is 1.